The summed E-state index contributed by atoms with van der Waals surface area (Å²) in [6.07, 6.45) is 0. The first-order valence-electron chi connectivity index (χ1n) is 5.56. The molecule has 0 radical (unpaired) electrons. The number of rotatable bonds is 4. The molecule has 0 fully saturated rings. The Balaban J connectivity index is 2.96. The molecule has 1 unspecified atom stereocenters. The van der Waals surface area contributed by atoms with Gasteiger partial charge in [-0.1, -0.05) is 6.07 Å². The average molecular weight is 223 g/mol. The Labute approximate surface area is 97.7 Å². The highest BCUT2D eigenvalue weighted by atomic mass is 16.5. The normalized spacial score (nSPS) is 13.2. The molecule has 0 bridgehead atoms. The van der Waals surface area contributed by atoms with Gasteiger partial charge in [-0.3, -0.25) is 4.90 Å². The molecule has 3 nitrogen and oxygen atoms in total. The first-order valence-corrected chi connectivity index (χ1v) is 5.56. The summed E-state index contributed by atoms with van der Waals surface area (Å²) < 4.78 is 5.11. The van der Waals surface area contributed by atoms with E-state index in [0.29, 0.717) is 17.8 Å². The molecule has 0 aliphatic rings. The standard InChI is InChI=1S/C13H21NO2/c1-9(2)14(4)10(3)11-6-7-12(15)13(8-11)16-5/h6-10,15H,1-5H3. The van der Waals surface area contributed by atoms with Crippen molar-refractivity contribution < 1.29 is 9.84 Å². The van der Waals surface area contributed by atoms with Crippen LogP contribution in [0.4, 0.5) is 0 Å². The largest absolute Gasteiger partial charge is 0.504 e. The molecule has 0 spiro atoms. The molecule has 1 N–H and O–H groups in total. The minimum absolute atomic E-state index is 0.186. The summed E-state index contributed by atoms with van der Waals surface area (Å²) >= 11 is 0. The van der Waals surface area contributed by atoms with Crippen molar-refractivity contribution in [2.75, 3.05) is 14.2 Å². The minimum Gasteiger partial charge on any atom is -0.504 e. The monoisotopic (exact) mass is 223 g/mol. The Kier molecular flexibility index (Phi) is 4.19. The van der Waals surface area contributed by atoms with Crippen LogP contribution < -0.4 is 4.74 Å². The lowest BCUT2D eigenvalue weighted by molar-refractivity contribution is 0.210. The Morgan fingerprint density at radius 2 is 1.88 bits per heavy atom. The van der Waals surface area contributed by atoms with Crippen LogP contribution in [0.15, 0.2) is 18.2 Å². The zero-order valence-corrected chi connectivity index (χ0v) is 10.7. The van der Waals surface area contributed by atoms with Crippen molar-refractivity contribution in [3.63, 3.8) is 0 Å². The summed E-state index contributed by atoms with van der Waals surface area (Å²) in [4.78, 5) is 2.27. The van der Waals surface area contributed by atoms with E-state index in [9.17, 15) is 5.11 Å². The molecular weight excluding hydrogens is 202 g/mol. The van der Waals surface area contributed by atoms with E-state index in [2.05, 4.69) is 32.7 Å². The maximum Gasteiger partial charge on any atom is 0.160 e. The lowest BCUT2D eigenvalue weighted by Crippen LogP contribution is -2.29. The van der Waals surface area contributed by atoms with Crippen LogP contribution in [0.1, 0.15) is 32.4 Å². The van der Waals surface area contributed by atoms with Crippen LogP contribution in [0.5, 0.6) is 11.5 Å². The molecule has 0 aliphatic carbocycles. The van der Waals surface area contributed by atoms with Gasteiger partial charge in [0.05, 0.1) is 7.11 Å². The van der Waals surface area contributed by atoms with E-state index in [0.717, 1.165) is 5.56 Å². The molecule has 1 aromatic carbocycles. The molecular formula is C13H21NO2. The number of hydrogen-bond acceptors (Lipinski definition) is 3. The van der Waals surface area contributed by atoms with Crippen LogP contribution in [0.25, 0.3) is 0 Å². The van der Waals surface area contributed by atoms with Gasteiger partial charge in [0.15, 0.2) is 11.5 Å². The van der Waals surface area contributed by atoms with E-state index in [-0.39, 0.29) is 5.75 Å². The number of phenols is 1. The fourth-order valence-electron chi connectivity index (χ4n) is 1.64. The molecule has 1 aromatic rings. The maximum absolute atomic E-state index is 9.53. The average Bonchev–Trinajstić information content (AvgIpc) is 2.27. The highest BCUT2D eigenvalue weighted by Crippen LogP contribution is 2.30. The number of benzene rings is 1. The smallest absolute Gasteiger partial charge is 0.160 e. The SMILES string of the molecule is COc1cc(C(C)N(C)C(C)C)ccc1O. The van der Waals surface area contributed by atoms with Crippen molar-refractivity contribution in [1.29, 1.82) is 0 Å². The second-order valence-electron chi connectivity index (χ2n) is 4.37. The fraction of sp³-hybridized carbons (Fsp3) is 0.538. The Bertz CT molecular complexity index is 350. The Morgan fingerprint density at radius 1 is 1.25 bits per heavy atom. The Hall–Kier alpha value is -1.22. The number of hydrogen-bond donors (Lipinski definition) is 1. The summed E-state index contributed by atoms with van der Waals surface area (Å²) in [5.74, 6) is 0.715. The molecule has 16 heavy (non-hydrogen) atoms. The van der Waals surface area contributed by atoms with Crippen molar-refractivity contribution >= 4 is 0 Å². The molecule has 0 amide bonds. The predicted molar refractivity (Wildman–Crippen MR) is 66.0 cm³/mol. The van der Waals surface area contributed by atoms with Gasteiger partial charge >= 0.3 is 0 Å². The molecule has 0 saturated carbocycles. The van der Waals surface area contributed by atoms with Crippen molar-refractivity contribution in [1.82, 2.24) is 4.90 Å². The van der Waals surface area contributed by atoms with Crippen LogP contribution in [0.2, 0.25) is 0 Å². The number of phenolic OH excluding ortho intramolecular Hbond substituents is 1. The maximum atomic E-state index is 9.53. The van der Waals surface area contributed by atoms with Gasteiger partial charge in [0.1, 0.15) is 0 Å². The lowest BCUT2D eigenvalue weighted by Gasteiger charge is -2.29. The minimum atomic E-state index is 0.186. The van der Waals surface area contributed by atoms with Crippen LogP contribution in [-0.2, 0) is 0 Å². The van der Waals surface area contributed by atoms with Crippen LogP contribution in [0.3, 0.4) is 0 Å². The second kappa shape index (κ2) is 5.21. The van der Waals surface area contributed by atoms with Gasteiger partial charge in [0, 0.05) is 12.1 Å². The van der Waals surface area contributed by atoms with Gasteiger partial charge in [-0.05, 0) is 45.5 Å². The third-order valence-electron chi connectivity index (χ3n) is 3.11. The molecule has 0 aromatic heterocycles. The summed E-state index contributed by atoms with van der Waals surface area (Å²) in [7, 11) is 3.66. The summed E-state index contributed by atoms with van der Waals surface area (Å²) in [5.41, 5.74) is 1.14. The summed E-state index contributed by atoms with van der Waals surface area (Å²) in [5, 5.41) is 9.53. The van der Waals surface area contributed by atoms with Gasteiger partial charge in [-0.2, -0.15) is 0 Å². The molecule has 1 rings (SSSR count). The molecule has 0 saturated heterocycles. The second-order valence-corrected chi connectivity index (χ2v) is 4.37. The summed E-state index contributed by atoms with van der Waals surface area (Å²) in [6.45, 7) is 6.47. The number of nitrogens with zero attached hydrogens (tertiary/aromatic N) is 1. The first kappa shape index (κ1) is 12.8. The number of methoxy groups -OCH3 is 1. The van der Waals surface area contributed by atoms with E-state index in [1.54, 1.807) is 13.2 Å². The topological polar surface area (TPSA) is 32.7 Å². The molecule has 0 aliphatic heterocycles. The number of aromatic hydroxyl groups is 1. The van der Waals surface area contributed by atoms with E-state index in [4.69, 9.17) is 4.74 Å². The van der Waals surface area contributed by atoms with Crippen molar-refractivity contribution in [3.8, 4) is 11.5 Å². The zero-order chi connectivity index (χ0) is 12.3. The van der Waals surface area contributed by atoms with Crippen LogP contribution >= 0.6 is 0 Å². The lowest BCUT2D eigenvalue weighted by atomic mass is 10.1. The van der Waals surface area contributed by atoms with Crippen molar-refractivity contribution in [2.24, 2.45) is 0 Å². The Morgan fingerprint density at radius 3 is 2.38 bits per heavy atom. The van der Waals surface area contributed by atoms with Gasteiger partial charge < -0.3 is 9.84 Å². The van der Waals surface area contributed by atoms with Crippen molar-refractivity contribution in [2.45, 2.75) is 32.9 Å². The predicted octanol–water partition coefficient (Wildman–Crippen LogP) is 2.80. The van der Waals surface area contributed by atoms with E-state index in [1.807, 2.05) is 12.1 Å². The fourth-order valence-corrected chi connectivity index (χ4v) is 1.64. The van der Waals surface area contributed by atoms with E-state index < -0.39 is 0 Å². The van der Waals surface area contributed by atoms with Gasteiger partial charge in [0.2, 0.25) is 0 Å². The zero-order valence-electron chi connectivity index (χ0n) is 10.7. The van der Waals surface area contributed by atoms with Crippen molar-refractivity contribution in [3.05, 3.63) is 23.8 Å². The quantitative estimate of drug-likeness (QED) is 0.852. The van der Waals surface area contributed by atoms with Gasteiger partial charge in [-0.15, -0.1) is 0 Å². The molecule has 1 atom stereocenters. The number of ether oxygens (including phenoxy) is 1. The van der Waals surface area contributed by atoms with Gasteiger partial charge in [0.25, 0.3) is 0 Å². The summed E-state index contributed by atoms with van der Waals surface area (Å²) in [6, 6.07) is 6.28. The third-order valence-corrected chi connectivity index (χ3v) is 3.11. The van der Waals surface area contributed by atoms with Gasteiger partial charge in [-0.25, -0.2) is 0 Å². The van der Waals surface area contributed by atoms with Crippen LogP contribution in [0, 0.1) is 0 Å². The molecule has 3 heteroatoms. The first-order chi connectivity index (χ1) is 7.47. The highest BCUT2D eigenvalue weighted by Gasteiger charge is 2.15. The molecule has 0 heterocycles. The highest BCUT2D eigenvalue weighted by molar-refractivity contribution is 5.42. The van der Waals surface area contributed by atoms with E-state index >= 15 is 0 Å². The van der Waals surface area contributed by atoms with Crippen LogP contribution in [-0.4, -0.2) is 30.2 Å². The molecule has 90 valence electrons. The van der Waals surface area contributed by atoms with E-state index in [1.165, 1.54) is 0 Å². The third kappa shape index (κ3) is 2.67.